The van der Waals surface area contributed by atoms with E-state index in [2.05, 4.69) is 50.8 Å². The van der Waals surface area contributed by atoms with Gasteiger partial charge in [-0.25, -0.2) is 19.3 Å². The zero-order valence-corrected chi connectivity index (χ0v) is 25.8. The first-order chi connectivity index (χ1) is 21.5. The summed E-state index contributed by atoms with van der Waals surface area (Å²) in [4.78, 5) is 19.5. The van der Waals surface area contributed by atoms with Crippen LogP contribution in [-0.2, 0) is 6.42 Å². The number of nitrogens with one attached hydrogen (secondary N) is 1. The van der Waals surface area contributed by atoms with E-state index in [0.717, 1.165) is 88.8 Å². The minimum Gasteiger partial charge on any atom is -0.341 e. The number of nitriles is 1. The molecule has 3 aliphatic rings. The molecule has 0 unspecified atom stereocenters. The monoisotopic (exact) mass is 606 g/mol. The second-order valence-electron chi connectivity index (χ2n) is 11.7. The van der Waals surface area contributed by atoms with Gasteiger partial charge in [0, 0.05) is 61.9 Å². The molecule has 0 amide bonds. The number of hydrogen-bond acceptors (Lipinski definition) is 8. The molecule has 0 spiro atoms. The number of halogens is 1. The lowest BCUT2D eigenvalue weighted by Gasteiger charge is -2.32. The second kappa shape index (κ2) is 12.1. The van der Waals surface area contributed by atoms with Crippen molar-refractivity contribution >= 4 is 34.7 Å². The van der Waals surface area contributed by atoms with Crippen LogP contribution in [0, 0.1) is 17.1 Å². The molecule has 224 valence electrons. The average Bonchev–Trinajstić information content (AvgIpc) is 3.81. The van der Waals surface area contributed by atoms with Crippen LogP contribution in [0.2, 0.25) is 0 Å². The summed E-state index contributed by atoms with van der Waals surface area (Å²) < 4.78 is 15.6. The Balaban J connectivity index is 1.12. The van der Waals surface area contributed by atoms with Gasteiger partial charge >= 0.3 is 0 Å². The van der Waals surface area contributed by atoms with Gasteiger partial charge in [-0.05, 0) is 80.0 Å². The Labute approximate surface area is 261 Å². The lowest BCUT2D eigenvalue weighted by molar-refractivity contribution is 0.410. The average molecular weight is 607 g/mol. The number of aryl methyl sites for hydroxylation is 1. The topological polar surface area (TPSA) is 85.4 Å². The largest absolute Gasteiger partial charge is 0.341 e. The maximum absolute atomic E-state index is 13.5. The number of imidazole rings is 1. The van der Waals surface area contributed by atoms with Gasteiger partial charge in [0.05, 0.1) is 15.6 Å². The van der Waals surface area contributed by atoms with Crippen LogP contribution in [0.1, 0.15) is 50.3 Å². The van der Waals surface area contributed by atoms with Crippen molar-refractivity contribution in [3.63, 3.8) is 0 Å². The van der Waals surface area contributed by atoms with Gasteiger partial charge in [-0.2, -0.15) is 5.26 Å². The Morgan fingerprint density at radius 2 is 1.70 bits per heavy atom. The highest BCUT2D eigenvalue weighted by molar-refractivity contribution is 8.07. The second-order valence-corrected chi connectivity index (χ2v) is 12.7. The molecule has 1 aliphatic carbocycles. The SMILES string of the molecule is CCc1nc2ccc(-c3cnc(N4CCC(NC5CC5)CC4)nc3)cn2c1N(C)C1=CCC(c2ccc(F)cc2)=C(C#N)S1. The number of nitrogens with zero attached hydrogens (tertiary/aromatic N) is 7. The fraction of sp³-hybridized carbons (Fsp3) is 0.353. The third kappa shape index (κ3) is 5.70. The fourth-order valence-corrected chi connectivity index (χ4v) is 7.07. The molecule has 10 heteroatoms. The Morgan fingerprint density at radius 1 is 1.00 bits per heavy atom. The Morgan fingerprint density at radius 3 is 2.39 bits per heavy atom. The predicted octanol–water partition coefficient (Wildman–Crippen LogP) is 6.56. The molecule has 5 heterocycles. The summed E-state index contributed by atoms with van der Waals surface area (Å²) in [5, 5.41) is 14.7. The van der Waals surface area contributed by atoms with Crippen molar-refractivity contribution in [1.82, 2.24) is 24.7 Å². The van der Waals surface area contributed by atoms with E-state index in [9.17, 15) is 9.65 Å². The first-order valence-corrected chi connectivity index (χ1v) is 16.2. The normalized spacial score (nSPS) is 17.6. The molecular formula is C34H35FN8S. The lowest BCUT2D eigenvalue weighted by Crippen LogP contribution is -2.43. The molecule has 1 aromatic carbocycles. The van der Waals surface area contributed by atoms with E-state index in [1.54, 1.807) is 12.1 Å². The van der Waals surface area contributed by atoms with E-state index in [-0.39, 0.29) is 5.82 Å². The lowest BCUT2D eigenvalue weighted by atomic mass is 10.0. The highest BCUT2D eigenvalue weighted by Crippen LogP contribution is 2.42. The first kappa shape index (κ1) is 28.6. The highest BCUT2D eigenvalue weighted by atomic mass is 32.2. The number of thioether (sulfide) groups is 1. The van der Waals surface area contributed by atoms with Crippen molar-refractivity contribution < 1.29 is 4.39 Å². The van der Waals surface area contributed by atoms with Crippen molar-refractivity contribution in [2.45, 2.75) is 57.5 Å². The van der Waals surface area contributed by atoms with Crippen LogP contribution in [-0.4, -0.2) is 51.6 Å². The predicted molar refractivity (Wildman–Crippen MR) is 175 cm³/mol. The van der Waals surface area contributed by atoms with Gasteiger partial charge in [0.15, 0.2) is 0 Å². The quantitative estimate of drug-likeness (QED) is 0.241. The number of fused-ring (bicyclic) bond motifs is 1. The minimum absolute atomic E-state index is 0.286. The summed E-state index contributed by atoms with van der Waals surface area (Å²) in [6.07, 6.45) is 14.3. The third-order valence-corrected chi connectivity index (χ3v) is 9.89. The van der Waals surface area contributed by atoms with E-state index in [1.807, 2.05) is 25.5 Å². The van der Waals surface area contributed by atoms with Crippen LogP contribution in [0.15, 0.2) is 71.0 Å². The van der Waals surface area contributed by atoms with Crippen molar-refractivity contribution in [2.75, 3.05) is 29.9 Å². The standard InChI is InChI=1S/C34H35FN8S/c1-3-29-33(41(2)32-13-11-28(30(18-36)44-32)22-4-7-25(35)8-5-22)43-21-23(6-12-31(43)40-29)24-19-37-34(38-20-24)42-16-14-27(15-17-42)39-26-9-10-26/h4-8,12-13,19-21,26-27,39H,3,9-11,14-17H2,1-2H3. The molecule has 0 bridgehead atoms. The Hall–Kier alpha value is -4.20. The molecule has 3 aromatic heterocycles. The summed E-state index contributed by atoms with van der Waals surface area (Å²) in [5.41, 5.74) is 5.57. The molecule has 2 aliphatic heterocycles. The molecule has 4 aromatic rings. The first-order valence-electron chi connectivity index (χ1n) is 15.4. The van der Waals surface area contributed by atoms with Crippen molar-refractivity contribution in [1.29, 1.82) is 5.26 Å². The number of benzene rings is 1. The summed E-state index contributed by atoms with van der Waals surface area (Å²) >= 11 is 1.44. The molecule has 1 saturated carbocycles. The van der Waals surface area contributed by atoms with E-state index < -0.39 is 0 Å². The van der Waals surface area contributed by atoms with E-state index in [0.29, 0.717) is 17.4 Å². The van der Waals surface area contributed by atoms with Gasteiger partial charge < -0.3 is 15.1 Å². The van der Waals surface area contributed by atoms with Gasteiger partial charge in [0.25, 0.3) is 0 Å². The van der Waals surface area contributed by atoms with Gasteiger partial charge in [0.1, 0.15) is 23.4 Å². The number of anilines is 2. The molecule has 1 saturated heterocycles. The fourth-order valence-electron chi connectivity index (χ4n) is 6.10. The molecule has 7 rings (SSSR count). The van der Waals surface area contributed by atoms with Crippen LogP contribution < -0.4 is 15.1 Å². The van der Waals surface area contributed by atoms with Crippen molar-refractivity contribution in [3.05, 3.63) is 88.1 Å². The van der Waals surface area contributed by atoms with Crippen molar-refractivity contribution in [2.24, 2.45) is 0 Å². The molecule has 2 fully saturated rings. The summed E-state index contributed by atoms with van der Waals surface area (Å²) in [5.74, 6) is 1.47. The number of allylic oxidation sites excluding steroid dienone is 3. The molecule has 1 N–H and O–H groups in total. The highest BCUT2D eigenvalue weighted by Gasteiger charge is 2.28. The van der Waals surface area contributed by atoms with E-state index in [4.69, 9.17) is 15.0 Å². The molecule has 0 atom stereocenters. The zero-order valence-electron chi connectivity index (χ0n) is 25.0. The maximum atomic E-state index is 13.5. The summed E-state index contributed by atoms with van der Waals surface area (Å²) in [6, 6.07) is 14.2. The summed E-state index contributed by atoms with van der Waals surface area (Å²) in [6.45, 7) is 4.05. The van der Waals surface area contributed by atoms with Crippen LogP contribution in [0.25, 0.3) is 22.3 Å². The van der Waals surface area contributed by atoms with Crippen LogP contribution in [0.5, 0.6) is 0 Å². The van der Waals surface area contributed by atoms with Gasteiger partial charge in [-0.1, -0.05) is 30.8 Å². The smallest absolute Gasteiger partial charge is 0.225 e. The van der Waals surface area contributed by atoms with Crippen LogP contribution >= 0.6 is 11.8 Å². The summed E-state index contributed by atoms with van der Waals surface area (Å²) in [7, 11) is 2.02. The van der Waals surface area contributed by atoms with Gasteiger partial charge in [-0.3, -0.25) is 4.40 Å². The maximum Gasteiger partial charge on any atom is 0.225 e. The Bertz CT molecular complexity index is 1780. The molecule has 0 radical (unpaired) electrons. The van der Waals surface area contributed by atoms with Crippen LogP contribution in [0.4, 0.5) is 16.2 Å². The number of rotatable bonds is 8. The number of pyridine rings is 1. The van der Waals surface area contributed by atoms with E-state index >= 15 is 0 Å². The van der Waals surface area contributed by atoms with Gasteiger partial charge in [-0.15, -0.1) is 0 Å². The molecule has 8 nitrogen and oxygen atoms in total. The minimum atomic E-state index is -0.286. The number of aromatic nitrogens is 4. The third-order valence-electron chi connectivity index (χ3n) is 8.70. The Kier molecular flexibility index (Phi) is 7.83. The van der Waals surface area contributed by atoms with Crippen molar-refractivity contribution in [3.8, 4) is 17.2 Å². The number of hydrogen-bond donors (Lipinski definition) is 1. The van der Waals surface area contributed by atoms with E-state index in [1.165, 1.54) is 36.7 Å². The van der Waals surface area contributed by atoms with Gasteiger partial charge in [0.2, 0.25) is 5.95 Å². The number of piperidine rings is 1. The van der Waals surface area contributed by atoms with Crippen LogP contribution in [0.3, 0.4) is 0 Å². The zero-order chi connectivity index (χ0) is 30.2. The molecular weight excluding hydrogens is 571 g/mol. The molecule has 44 heavy (non-hydrogen) atoms.